The van der Waals surface area contributed by atoms with Crippen LogP contribution in [0.3, 0.4) is 0 Å². The number of amides is 1. The van der Waals surface area contributed by atoms with E-state index in [-0.39, 0.29) is 11.9 Å². The molecule has 0 radical (unpaired) electrons. The number of pyridine rings is 1. The van der Waals surface area contributed by atoms with Crippen LogP contribution >= 0.6 is 0 Å². The molecule has 3 rings (SSSR count). The largest absolute Gasteiger partial charge is 0.347 e. The molecule has 0 aromatic carbocycles. The minimum atomic E-state index is -0.0816. The van der Waals surface area contributed by atoms with E-state index >= 15 is 0 Å². The molecule has 0 aliphatic carbocycles. The Bertz CT molecular complexity index is 654. The molecule has 1 amide bonds. The molecule has 1 aliphatic rings. The molecule has 6 nitrogen and oxygen atoms in total. The lowest BCUT2D eigenvalue weighted by atomic mass is 10.0. The number of likely N-dealkylation sites (tertiary alicyclic amines) is 1. The second-order valence-electron chi connectivity index (χ2n) is 6.44. The average molecular weight is 327 g/mol. The topological polar surface area (TPSA) is 73.9 Å². The van der Waals surface area contributed by atoms with Crippen LogP contribution in [0.4, 0.5) is 0 Å². The Balaban J connectivity index is 1.53. The molecular formula is C18H25N5O. The summed E-state index contributed by atoms with van der Waals surface area (Å²) in [6, 6.07) is 6.09. The molecule has 1 saturated heterocycles. The van der Waals surface area contributed by atoms with E-state index < -0.39 is 0 Å². The number of hydrogen-bond donors (Lipinski definition) is 2. The van der Waals surface area contributed by atoms with E-state index in [0.717, 1.165) is 51.0 Å². The van der Waals surface area contributed by atoms with Crippen molar-refractivity contribution in [2.24, 2.45) is 0 Å². The number of aromatic amines is 1. The normalized spacial score (nSPS) is 18.5. The van der Waals surface area contributed by atoms with Gasteiger partial charge in [-0.2, -0.15) is 5.10 Å². The summed E-state index contributed by atoms with van der Waals surface area (Å²) < 4.78 is 0. The van der Waals surface area contributed by atoms with Crippen molar-refractivity contribution in [3.05, 3.63) is 47.5 Å². The first-order chi connectivity index (χ1) is 11.7. The SMILES string of the molecule is CCCc1cc(C(=O)N[C@H]2CCCN(Cc3cccnc3)C2)n[nH]1. The maximum atomic E-state index is 12.4. The molecule has 1 aliphatic heterocycles. The molecule has 2 N–H and O–H groups in total. The van der Waals surface area contributed by atoms with Gasteiger partial charge in [0, 0.05) is 37.2 Å². The minimum Gasteiger partial charge on any atom is -0.347 e. The van der Waals surface area contributed by atoms with Crippen LogP contribution in [0, 0.1) is 0 Å². The van der Waals surface area contributed by atoms with Gasteiger partial charge in [-0.1, -0.05) is 19.4 Å². The Labute approximate surface area is 142 Å². The summed E-state index contributed by atoms with van der Waals surface area (Å²) in [6.45, 7) is 4.92. The zero-order valence-electron chi connectivity index (χ0n) is 14.2. The van der Waals surface area contributed by atoms with E-state index in [1.807, 2.05) is 18.3 Å². The lowest BCUT2D eigenvalue weighted by Crippen LogP contribution is -2.47. The highest BCUT2D eigenvalue weighted by Crippen LogP contribution is 2.14. The van der Waals surface area contributed by atoms with Crippen molar-refractivity contribution in [1.29, 1.82) is 0 Å². The summed E-state index contributed by atoms with van der Waals surface area (Å²) >= 11 is 0. The smallest absolute Gasteiger partial charge is 0.272 e. The zero-order chi connectivity index (χ0) is 16.8. The third-order valence-corrected chi connectivity index (χ3v) is 4.35. The van der Waals surface area contributed by atoms with Crippen LogP contribution in [0.25, 0.3) is 0 Å². The van der Waals surface area contributed by atoms with Gasteiger partial charge in [-0.25, -0.2) is 0 Å². The number of carbonyl (C=O) groups excluding carboxylic acids is 1. The average Bonchev–Trinajstić information content (AvgIpc) is 3.05. The summed E-state index contributed by atoms with van der Waals surface area (Å²) in [5, 5.41) is 10.2. The fourth-order valence-corrected chi connectivity index (χ4v) is 3.20. The number of hydrogen-bond acceptors (Lipinski definition) is 4. The molecule has 0 unspecified atom stereocenters. The number of carbonyl (C=O) groups is 1. The van der Waals surface area contributed by atoms with Crippen molar-refractivity contribution in [1.82, 2.24) is 25.4 Å². The van der Waals surface area contributed by atoms with Gasteiger partial charge in [0.1, 0.15) is 5.69 Å². The highest BCUT2D eigenvalue weighted by Gasteiger charge is 2.22. The summed E-state index contributed by atoms with van der Waals surface area (Å²) in [5.74, 6) is -0.0816. The van der Waals surface area contributed by atoms with Crippen LogP contribution < -0.4 is 5.32 Å². The van der Waals surface area contributed by atoms with Gasteiger partial charge < -0.3 is 5.32 Å². The summed E-state index contributed by atoms with van der Waals surface area (Å²) in [6.07, 6.45) is 7.76. The zero-order valence-corrected chi connectivity index (χ0v) is 14.2. The van der Waals surface area contributed by atoms with Gasteiger partial charge >= 0.3 is 0 Å². The fourth-order valence-electron chi connectivity index (χ4n) is 3.20. The molecule has 3 heterocycles. The molecular weight excluding hydrogens is 302 g/mol. The third kappa shape index (κ3) is 4.41. The van der Waals surface area contributed by atoms with Gasteiger partial charge in [-0.3, -0.25) is 19.8 Å². The first-order valence-electron chi connectivity index (χ1n) is 8.71. The monoisotopic (exact) mass is 327 g/mol. The molecule has 2 aromatic rings. The van der Waals surface area contributed by atoms with Gasteiger partial charge in [0.25, 0.3) is 5.91 Å². The van der Waals surface area contributed by atoms with Crippen LogP contribution in [0.15, 0.2) is 30.6 Å². The second kappa shape index (κ2) is 8.06. The maximum Gasteiger partial charge on any atom is 0.272 e. The van der Waals surface area contributed by atoms with Gasteiger partial charge in [0.15, 0.2) is 0 Å². The number of piperidine rings is 1. The lowest BCUT2D eigenvalue weighted by Gasteiger charge is -2.32. The summed E-state index contributed by atoms with van der Waals surface area (Å²) in [4.78, 5) is 18.9. The molecule has 128 valence electrons. The van der Waals surface area contributed by atoms with Crippen LogP contribution in [-0.4, -0.2) is 45.1 Å². The third-order valence-electron chi connectivity index (χ3n) is 4.35. The van der Waals surface area contributed by atoms with E-state index in [1.54, 1.807) is 6.20 Å². The highest BCUT2D eigenvalue weighted by molar-refractivity contribution is 5.92. The Morgan fingerprint density at radius 3 is 3.21 bits per heavy atom. The van der Waals surface area contributed by atoms with E-state index in [9.17, 15) is 4.79 Å². The summed E-state index contributed by atoms with van der Waals surface area (Å²) in [7, 11) is 0. The molecule has 0 spiro atoms. The number of rotatable bonds is 6. The van der Waals surface area contributed by atoms with Crippen molar-refractivity contribution in [2.45, 2.75) is 45.2 Å². The number of nitrogens with one attached hydrogen (secondary N) is 2. The van der Waals surface area contributed by atoms with Crippen molar-refractivity contribution in [2.75, 3.05) is 13.1 Å². The van der Waals surface area contributed by atoms with E-state index in [0.29, 0.717) is 5.69 Å². The number of aryl methyl sites for hydroxylation is 1. The molecule has 6 heteroatoms. The van der Waals surface area contributed by atoms with E-state index in [4.69, 9.17) is 0 Å². The van der Waals surface area contributed by atoms with E-state index in [2.05, 4.69) is 38.4 Å². The lowest BCUT2D eigenvalue weighted by molar-refractivity contribution is 0.0895. The molecule has 0 bridgehead atoms. The van der Waals surface area contributed by atoms with Crippen LogP contribution in [0.2, 0.25) is 0 Å². The molecule has 2 aromatic heterocycles. The number of H-pyrrole nitrogens is 1. The van der Waals surface area contributed by atoms with Crippen molar-refractivity contribution < 1.29 is 4.79 Å². The Hall–Kier alpha value is -2.21. The van der Waals surface area contributed by atoms with Gasteiger partial charge in [-0.15, -0.1) is 0 Å². The molecule has 1 atom stereocenters. The standard InChI is InChI=1S/C18H25N5O/c1-2-5-15-10-17(22-21-15)18(24)20-16-7-4-9-23(13-16)12-14-6-3-8-19-11-14/h3,6,8,10-11,16H,2,4-5,7,9,12-13H2,1H3,(H,20,24)(H,21,22)/t16-/m0/s1. The first kappa shape index (κ1) is 16.6. The Morgan fingerprint density at radius 1 is 1.50 bits per heavy atom. The van der Waals surface area contributed by atoms with Crippen LogP contribution in [-0.2, 0) is 13.0 Å². The van der Waals surface area contributed by atoms with Crippen molar-refractivity contribution in [3.8, 4) is 0 Å². The first-order valence-corrected chi connectivity index (χ1v) is 8.71. The van der Waals surface area contributed by atoms with Crippen molar-refractivity contribution >= 4 is 5.91 Å². The fraction of sp³-hybridized carbons (Fsp3) is 0.500. The predicted molar refractivity (Wildman–Crippen MR) is 92.6 cm³/mol. The molecule has 24 heavy (non-hydrogen) atoms. The predicted octanol–water partition coefficient (Wildman–Crippen LogP) is 2.15. The van der Waals surface area contributed by atoms with Crippen LogP contribution in [0.1, 0.15) is 47.9 Å². The number of nitrogens with zero attached hydrogens (tertiary/aromatic N) is 3. The maximum absolute atomic E-state index is 12.4. The van der Waals surface area contributed by atoms with Gasteiger partial charge in [0.2, 0.25) is 0 Å². The highest BCUT2D eigenvalue weighted by atomic mass is 16.2. The quantitative estimate of drug-likeness (QED) is 0.852. The van der Waals surface area contributed by atoms with Crippen molar-refractivity contribution in [3.63, 3.8) is 0 Å². The van der Waals surface area contributed by atoms with Gasteiger partial charge in [-0.05, 0) is 43.5 Å². The Kier molecular flexibility index (Phi) is 5.59. The molecule has 1 fully saturated rings. The minimum absolute atomic E-state index is 0.0816. The molecule has 0 saturated carbocycles. The summed E-state index contributed by atoms with van der Waals surface area (Å²) in [5.41, 5.74) is 2.72. The van der Waals surface area contributed by atoms with Crippen LogP contribution in [0.5, 0.6) is 0 Å². The second-order valence-corrected chi connectivity index (χ2v) is 6.44. The Morgan fingerprint density at radius 2 is 2.42 bits per heavy atom. The van der Waals surface area contributed by atoms with E-state index in [1.165, 1.54) is 5.56 Å². The van der Waals surface area contributed by atoms with Gasteiger partial charge in [0.05, 0.1) is 0 Å². The number of aromatic nitrogens is 3.